The molecule has 2 unspecified atom stereocenters. The molecule has 0 spiro atoms. The maximum absolute atomic E-state index is 4.75. The van der Waals surface area contributed by atoms with Crippen molar-refractivity contribution in [1.29, 1.82) is 0 Å². The predicted octanol–water partition coefficient (Wildman–Crippen LogP) is 3.26. The quantitative estimate of drug-likeness (QED) is 0.898. The van der Waals surface area contributed by atoms with Crippen LogP contribution in [0.25, 0.3) is 0 Å². The Labute approximate surface area is 121 Å². The molecular weight excluding hydrogens is 254 g/mol. The molecule has 108 valence electrons. The van der Waals surface area contributed by atoms with Crippen molar-refractivity contribution in [1.82, 2.24) is 15.2 Å². The molecule has 2 heterocycles. The highest BCUT2D eigenvalue weighted by atomic mass is 32.1. The van der Waals surface area contributed by atoms with Gasteiger partial charge >= 0.3 is 0 Å². The minimum Gasteiger partial charge on any atom is -0.308 e. The van der Waals surface area contributed by atoms with E-state index in [0.717, 1.165) is 19.0 Å². The van der Waals surface area contributed by atoms with Crippen molar-refractivity contribution in [2.75, 3.05) is 6.54 Å². The van der Waals surface area contributed by atoms with Crippen LogP contribution in [0.15, 0.2) is 5.38 Å². The van der Waals surface area contributed by atoms with Gasteiger partial charge in [0.25, 0.3) is 0 Å². The molecule has 0 aromatic carbocycles. The zero-order valence-corrected chi connectivity index (χ0v) is 13.5. The molecule has 0 amide bonds. The third-order valence-corrected chi connectivity index (χ3v) is 5.03. The van der Waals surface area contributed by atoms with E-state index in [9.17, 15) is 0 Å². The van der Waals surface area contributed by atoms with Crippen molar-refractivity contribution < 1.29 is 0 Å². The third-order valence-electron chi connectivity index (χ3n) is 4.13. The van der Waals surface area contributed by atoms with Crippen molar-refractivity contribution >= 4 is 11.3 Å². The van der Waals surface area contributed by atoms with Gasteiger partial charge in [0.1, 0.15) is 5.01 Å². The van der Waals surface area contributed by atoms with Crippen LogP contribution in [0.4, 0.5) is 0 Å². The number of likely N-dealkylation sites (tertiary alicyclic amines) is 1. The van der Waals surface area contributed by atoms with Crippen LogP contribution in [0.1, 0.15) is 51.2 Å². The molecule has 1 aromatic rings. The second-order valence-electron chi connectivity index (χ2n) is 6.10. The highest BCUT2D eigenvalue weighted by Gasteiger charge is 2.24. The summed E-state index contributed by atoms with van der Waals surface area (Å²) in [6.07, 6.45) is 2.70. The van der Waals surface area contributed by atoms with Gasteiger partial charge in [-0.05, 0) is 32.2 Å². The van der Waals surface area contributed by atoms with Gasteiger partial charge in [-0.2, -0.15) is 0 Å². The number of rotatable bonds is 5. The first-order chi connectivity index (χ1) is 9.06. The summed E-state index contributed by atoms with van der Waals surface area (Å²) in [6.45, 7) is 12.2. The maximum atomic E-state index is 4.75. The summed E-state index contributed by atoms with van der Waals surface area (Å²) in [5.74, 6) is 0.814. The minimum atomic E-state index is 0.523. The standard InChI is InChI=1S/C15H27N3S/c1-11(2)16-8-15-17-14(10-19-15)9-18-7-5-6-12(3)13(18)4/h10-13,16H,5-9H2,1-4H3. The summed E-state index contributed by atoms with van der Waals surface area (Å²) in [6, 6.07) is 1.21. The Morgan fingerprint density at radius 1 is 1.47 bits per heavy atom. The van der Waals surface area contributed by atoms with Crippen LogP contribution in [0, 0.1) is 5.92 Å². The van der Waals surface area contributed by atoms with E-state index >= 15 is 0 Å². The predicted molar refractivity (Wildman–Crippen MR) is 82.4 cm³/mol. The average Bonchev–Trinajstić information content (AvgIpc) is 2.80. The fourth-order valence-electron chi connectivity index (χ4n) is 2.65. The Morgan fingerprint density at radius 2 is 2.26 bits per heavy atom. The number of piperidine rings is 1. The van der Waals surface area contributed by atoms with E-state index in [4.69, 9.17) is 4.98 Å². The van der Waals surface area contributed by atoms with E-state index in [2.05, 4.69) is 43.3 Å². The number of nitrogens with one attached hydrogen (secondary N) is 1. The van der Waals surface area contributed by atoms with Gasteiger partial charge in [-0.1, -0.05) is 20.8 Å². The van der Waals surface area contributed by atoms with E-state index in [0.29, 0.717) is 12.1 Å². The van der Waals surface area contributed by atoms with Crippen molar-refractivity contribution in [3.8, 4) is 0 Å². The van der Waals surface area contributed by atoms with Crippen molar-refractivity contribution in [3.63, 3.8) is 0 Å². The number of nitrogens with zero attached hydrogens (tertiary/aromatic N) is 2. The lowest BCUT2D eigenvalue weighted by Crippen LogP contribution is -2.41. The second kappa shape index (κ2) is 6.82. The Morgan fingerprint density at radius 3 is 3.00 bits per heavy atom. The summed E-state index contributed by atoms with van der Waals surface area (Å²) in [5.41, 5.74) is 1.24. The SMILES string of the molecule is CC(C)NCc1nc(CN2CCCC(C)C2C)cs1. The van der Waals surface area contributed by atoms with Crippen LogP contribution < -0.4 is 5.32 Å². The lowest BCUT2D eigenvalue weighted by molar-refractivity contribution is 0.105. The molecule has 1 N–H and O–H groups in total. The Bertz CT molecular complexity index is 388. The normalized spacial score (nSPS) is 25.1. The fraction of sp³-hybridized carbons (Fsp3) is 0.800. The van der Waals surface area contributed by atoms with Crippen molar-refractivity contribution in [3.05, 3.63) is 16.1 Å². The van der Waals surface area contributed by atoms with Crippen molar-refractivity contribution in [2.24, 2.45) is 5.92 Å². The Kier molecular flexibility index (Phi) is 5.37. The molecule has 1 fully saturated rings. The van der Waals surface area contributed by atoms with Gasteiger partial charge in [-0.3, -0.25) is 4.90 Å². The Hall–Kier alpha value is -0.450. The largest absolute Gasteiger partial charge is 0.308 e. The van der Waals surface area contributed by atoms with Crippen LogP contribution >= 0.6 is 11.3 Å². The van der Waals surface area contributed by atoms with Crippen molar-refractivity contribution in [2.45, 2.75) is 65.7 Å². The molecule has 0 bridgehead atoms. The number of hydrogen-bond donors (Lipinski definition) is 1. The van der Waals surface area contributed by atoms with Gasteiger partial charge in [0.15, 0.2) is 0 Å². The van der Waals surface area contributed by atoms with Gasteiger partial charge in [0, 0.05) is 30.6 Å². The van der Waals surface area contributed by atoms with Gasteiger partial charge in [0.2, 0.25) is 0 Å². The highest BCUT2D eigenvalue weighted by Crippen LogP contribution is 2.24. The molecule has 0 aliphatic carbocycles. The van der Waals surface area contributed by atoms with E-state index < -0.39 is 0 Å². The molecule has 3 nitrogen and oxygen atoms in total. The monoisotopic (exact) mass is 281 g/mol. The first kappa shape index (κ1) is 14.9. The molecule has 2 rings (SSSR count). The molecule has 19 heavy (non-hydrogen) atoms. The third kappa shape index (κ3) is 4.26. The van der Waals surface area contributed by atoms with Crippen LogP contribution in [0.2, 0.25) is 0 Å². The molecule has 2 atom stereocenters. The topological polar surface area (TPSA) is 28.2 Å². The molecule has 1 aliphatic rings. The molecule has 1 aromatic heterocycles. The first-order valence-corrected chi connectivity index (χ1v) is 8.35. The van der Waals surface area contributed by atoms with Crippen LogP contribution in [0.3, 0.4) is 0 Å². The summed E-state index contributed by atoms with van der Waals surface area (Å²) in [7, 11) is 0. The zero-order chi connectivity index (χ0) is 13.8. The van der Waals surface area contributed by atoms with E-state index in [-0.39, 0.29) is 0 Å². The van der Waals surface area contributed by atoms with E-state index in [1.165, 1.54) is 30.1 Å². The molecular formula is C15H27N3S. The van der Waals surface area contributed by atoms with E-state index in [1.54, 1.807) is 11.3 Å². The fourth-order valence-corrected chi connectivity index (χ4v) is 3.38. The number of aromatic nitrogens is 1. The summed E-state index contributed by atoms with van der Waals surface area (Å²) < 4.78 is 0. The zero-order valence-electron chi connectivity index (χ0n) is 12.6. The van der Waals surface area contributed by atoms with Gasteiger partial charge < -0.3 is 5.32 Å². The smallest absolute Gasteiger partial charge is 0.107 e. The van der Waals surface area contributed by atoms with E-state index in [1.807, 2.05) is 0 Å². The summed E-state index contributed by atoms with van der Waals surface area (Å²) in [5, 5.41) is 6.86. The van der Waals surface area contributed by atoms with Gasteiger partial charge in [0.05, 0.1) is 5.69 Å². The average molecular weight is 281 g/mol. The first-order valence-electron chi connectivity index (χ1n) is 7.47. The molecule has 1 aliphatic heterocycles. The Balaban J connectivity index is 1.88. The maximum Gasteiger partial charge on any atom is 0.107 e. The second-order valence-corrected chi connectivity index (χ2v) is 7.04. The van der Waals surface area contributed by atoms with Gasteiger partial charge in [-0.25, -0.2) is 4.98 Å². The molecule has 1 saturated heterocycles. The molecule has 0 radical (unpaired) electrons. The van der Waals surface area contributed by atoms with Crippen LogP contribution in [-0.2, 0) is 13.1 Å². The van der Waals surface area contributed by atoms with Crippen LogP contribution in [-0.4, -0.2) is 28.5 Å². The summed E-state index contributed by atoms with van der Waals surface area (Å²) in [4.78, 5) is 7.34. The minimum absolute atomic E-state index is 0.523. The number of thiazole rings is 1. The highest BCUT2D eigenvalue weighted by molar-refractivity contribution is 7.09. The lowest BCUT2D eigenvalue weighted by Gasteiger charge is -2.37. The van der Waals surface area contributed by atoms with Crippen LogP contribution in [0.5, 0.6) is 0 Å². The number of hydrogen-bond acceptors (Lipinski definition) is 4. The lowest BCUT2D eigenvalue weighted by atomic mass is 9.92. The van der Waals surface area contributed by atoms with Gasteiger partial charge in [-0.15, -0.1) is 11.3 Å². The summed E-state index contributed by atoms with van der Waals surface area (Å²) >= 11 is 1.78. The molecule has 4 heteroatoms. The molecule has 0 saturated carbocycles.